The quantitative estimate of drug-likeness (QED) is 0.226. The van der Waals surface area contributed by atoms with Gasteiger partial charge in [-0.2, -0.15) is 0 Å². The normalized spacial score (nSPS) is 10.8. The van der Waals surface area contributed by atoms with Crippen LogP contribution in [0.3, 0.4) is 0 Å². The summed E-state index contributed by atoms with van der Waals surface area (Å²) < 4.78 is 0. The van der Waals surface area contributed by atoms with E-state index in [1.165, 1.54) is 44.5 Å². The summed E-state index contributed by atoms with van der Waals surface area (Å²) in [6.45, 7) is 0. The van der Waals surface area contributed by atoms with Crippen LogP contribution in [0.5, 0.6) is 0 Å². The minimum Gasteiger partial charge on any atom is -0.345 e. The van der Waals surface area contributed by atoms with Gasteiger partial charge in [0, 0.05) is 18.4 Å². The summed E-state index contributed by atoms with van der Waals surface area (Å²) >= 11 is 0. The van der Waals surface area contributed by atoms with Crippen LogP contribution < -0.4 is 4.90 Å². The summed E-state index contributed by atoms with van der Waals surface area (Å²) in [5.41, 5.74) is 12.0. The molecule has 0 fully saturated rings. The van der Waals surface area contributed by atoms with Gasteiger partial charge in [0.15, 0.2) is 0 Å². The minimum absolute atomic E-state index is 1.15. The van der Waals surface area contributed by atoms with Gasteiger partial charge in [-0.1, -0.05) is 121 Å². The van der Waals surface area contributed by atoms with Crippen LogP contribution in [0.15, 0.2) is 158 Å². The van der Waals surface area contributed by atoms with Crippen molar-refractivity contribution in [1.82, 2.24) is 0 Å². The molecule has 0 bridgehead atoms. The first-order valence-electron chi connectivity index (χ1n) is 13.0. The van der Waals surface area contributed by atoms with Gasteiger partial charge in [-0.05, 0) is 80.9 Å². The Morgan fingerprint density at radius 1 is 0.289 bits per heavy atom. The molecule has 0 atom stereocenters. The average Bonchev–Trinajstić information content (AvgIpc) is 3.02. The highest BCUT2D eigenvalue weighted by atomic mass is 15.1. The Kier molecular flexibility index (Phi) is 6.57. The molecule has 38 heavy (non-hydrogen) atoms. The first-order chi connectivity index (χ1) is 18.7. The summed E-state index contributed by atoms with van der Waals surface area (Å²) in [5, 5.41) is 0. The molecule has 0 N–H and O–H groups in total. The third-order valence-electron chi connectivity index (χ3n) is 7.04. The Hall–Kier alpha value is -4.88. The molecule has 6 aromatic carbocycles. The molecule has 182 valence electrons. The first-order valence-corrected chi connectivity index (χ1v) is 13.0. The molecule has 0 heterocycles. The number of benzene rings is 6. The molecule has 0 radical (unpaired) electrons. The van der Waals surface area contributed by atoms with Gasteiger partial charge in [-0.25, -0.2) is 0 Å². The largest absolute Gasteiger partial charge is 0.345 e. The van der Waals surface area contributed by atoms with Crippen molar-refractivity contribution in [2.45, 2.75) is 0 Å². The minimum atomic E-state index is 1.15. The molecule has 1 heteroatoms. The van der Waals surface area contributed by atoms with Crippen molar-refractivity contribution < 1.29 is 0 Å². The van der Waals surface area contributed by atoms with Gasteiger partial charge in [0.25, 0.3) is 0 Å². The van der Waals surface area contributed by atoms with Crippen LogP contribution >= 0.6 is 0 Å². The van der Waals surface area contributed by atoms with Crippen LogP contribution in [0.25, 0.3) is 44.5 Å². The third kappa shape index (κ3) is 5.00. The fraction of sp³-hybridized carbons (Fsp3) is 0.0270. The predicted molar refractivity (Wildman–Crippen MR) is 163 cm³/mol. The van der Waals surface area contributed by atoms with Gasteiger partial charge < -0.3 is 4.90 Å². The van der Waals surface area contributed by atoms with Crippen LogP contribution in [0.1, 0.15) is 0 Å². The Morgan fingerprint density at radius 2 is 0.526 bits per heavy atom. The van der Waals surface area contributed by atoms with E-state index in [1.807, 2.05) is 0 Å². The first kappa shape index (κ1) is 23.5. The second-order valence-corrected chi connectivity index (χ2v) is 9.56. The number of anilines is 2. The van der Waals surface area contributed by atoms with E-state index < -0.39 is 0 Å². The van der Waals surface area contributed by atoms with Crippen molar-refractivity contribution in [3.8, 4) is 44.5 Å². The summed E-state index contributed by atoms with van der Waals surface area (Å²) in [6.07, 6.45) is 0. The predicted octanol–water partition coefficient (Wildman–Crippen LogP) is 10.1. The zero-order valence-electron chi connectivity index (χ0n) is 21.5. The lowest BCUT2D eigenvalue weighted by molar-refractivity contribution is 1.21. The second kappa shape index (κ2) is 10.6. The second-order valence-electron chi connectivity index (χ2n) is 9.56. The van der Waals surface area contributed by atoms with Crippen molar-refractivity contribution in [3.63, 3.8) is 0 Å². The zero-order valence-corrected chi connectivity index (χ0v) is 21.5. The molecule has 0 saturated heterocycles. The Labute approximate surface area is 225 Å². The number of hydrogen-bond donors (Lipinski definition) is 0. The Balaban J connectivity index is 1.51. The van der Waals surface area contributed by atoms with Crippen molar-refractivity contribution in [2.75, 3.05) is 11.9 Å². The zero-order chi connectivity index (χ0) is 25.7. The lowest BCUT2D eigenvalue weighted by atomic mass is 9.96. The maximum Gasteiger partial charge on any atom is 0.0420 e. The van der Waals surface area contributed by atoms with E-state index in [9.17, 15) is 0 Å². The van der Waals surface area contributed by atoms with E-state index in [1.54, 1.807) is 0 Å². The van der Waals surface area contributed by atoms with Crippen molar-refractivity contribution in [2.24, 2.45) is 0 Å². The maximum atomic E-state index is 2.30. The van der Waals surface area contributed by atoms with Gasteiger partial charge in [-0.3, -0.25) is 0 Å². The van der Waals surface area contributed by atoms with E-state index in [2.05, 4.69) is 170 Å². The fourth-order valence-corrected chi connectivity index (χ4v) is 4.95. The van der Waals surface area contributed by atoms with E-state index >= 15 is 0 Å². The lowest BCUT2D eigenvalue weighted by Crippen LogP contribution is -2.10. The molecule has 0 unspecified atom stereocenters. The van der Waals surface area contributed by atoms with E-state index in [0.717, 1.165) is 11.4 Å². The maximum absolute atomic E-state index is 2.30. The highest BCUT2D eigenvalue weighted by Gasteiger charge is 2.13. The summed E-state index contributed by atoms with van der Waals surface area (Å²) in [6, 6.07) is 56.2. The number of hydrogen-bond acceptors (Lipinski definition) is 1. The van der Waals surface area contributed by atoms with Crippen LogP contribution in [0.4, 0.5) is 11.4 Å². The number of nitrogens with zero attached hydrogens (tertiary/aromatic N) is 1. The monoisotopic (exact) mass is 487 g/mol. The SMILES string of the molecule is CN(c1cc(-c2ccccc2)cc(-c2ccccc2)c1)c1cc(-c2ccccc2)cc(-c2ccccc2)c1. The molecular weight excluding hydrogens is 458 g/mol. The molecule has 6 rings (SSSR count). The molecule has 0 saturated carbocycles. The van der Waals surface area contributed by atoms with Crippen molar-refractivity contribution in [3.05, 3.63) is 158 Å². The molecular formula is C37H29N. The van der Waals surface area contributed by atoms with Crippen molar-refractivity contribution in [1.29, 1.82) is 0 Å². The van der Waals surface area contributed by atoms with Crippen LogP contribution in [-0.4, -0.2) is 7.05 Å². The smallest absolute Gasteiger partial charge is 0.0420 e. The molecule has 0 aromatic heterocycles. The highest BCUT2D eigenvalue weighted by molar-refractivity contribution is 5.84. The Bertz CT molecular complexity index is 1400. The molecule has 0 aliphatic heterocycles. The Morgan fingerprint density at radius 3 is 0.763 bits per heavy atom. The van der Waals surface area contributed by atoms with E-state index in [0.29, 0.717) is 0 Å². The molecule has 0 aliphatic rings. The summed E-state index contributed by atoms with van der Waals surface area (Å²) in [7, 11) is 2.16. The van der Waals surface area contributed by atoms with E-state index in [-0.39, 0.29) is 0 Å². The van der Waals surface area contributed by atoms with Gasteiger partial charge in [0.2, 0.25) is 0 Å². The molecule has 0 spiro atoms. The number of rotatable bonds is 6. The summed E-state index contributed by atoms with van der Waals surface area (Å²) in [4.78, 5) is 2.30. The molecule has 0 aliphatic carbocycles. The molecule has 0 amide bonds. The average molecular weight is 488 g/mol. The molecule has 6 aromatic rings. The topological polar surface area (TPSA) is 3.24 Å². The highest BCUT2D eigenvalue weighted by Crippen LogP contribution is 2.37. The van der Waals surface area contributed by atoms with Gasteiger partial charge in [0.1, 0.15) is 0 Å². The third-order valence-corrected chi connectivity index (χ3v) is 7.04. The van der Waals surface area contributed by atoms with E-state index in [4.69, 9.17) is 0 Å². The standard InChI is InChI=1S/C37H29N/c1-38(36-24-32(28-14-6-2-7-15-28)22-33(25-36)29-16-8-3-9-17-29)37-26-34(30-18-10-4-11-19-30)23-35(27-37)31-20-12-5-13-21-31/h2-27H,1H3. The van der Waals surface area contributed by atoms with Crippen LogP contribution in [-0.2, 0) is 0 Å². The van der Waals surface area contributed by atoms with Crippen LogP contribution in [0, 0.1) is 0 Å². The van der Waals surface area contributed by atoms with Gasteiger partial charge >= 0.3 is 0 Å². The van der Waals surface area contributed by atoms with Crippen molar-refractivity contribution >= 4 is 11.4 Å². The fourth-order valence-electron chi connectivity index (χ4n) is 4.95. The van der Waals surface area contributed by atoms with Gasteiger partial charge in [0.05, 0.1) is 0 Å². The lowest BCUT2D eigenvalue weighted by Gasteiger charge is -2.24. The van der Waals surface area contributed by atoms with Crippen LogP contribution in [0.2, 0.25) is 0 Å². The van der Waals surface area contributed by atoms with Gasteiger partial charge in [-0.15, -0.1) is 0 Å². The summed E-state index contributed by atoms with van der Waals surface area (Å²) in [5.74, 6) is 0. The molecule has 1 nitrogen and oxygen atoms in total.